The van der Waals surface area contributed by atoms with Gasteiger partial charge in [-0.1, -0.05) is 30.3 Å². The summed E-state index contributed by atoms with van der Waals surface area (Å²) in [5.74, 6) is -0.763. The maximum absolute atomic E-state index is 9.52. The minimum atomic E-state index is -1.39. The first-order chi connectivity index (χ1) is 9.96. The van der Waals surface area contributed by atoms with Gasteiger partial charge in [0.2, 0.25) is 0 Å². The van der Waals surface area contributed by atoms with Crippen molar-refractivity contribution in [3.05, 3.63) is 35.9 Å². The number of hydrogen-bond donors (Lipinski definition) is 1. The summed E-state index contributed by atoms with van der Waals surface area (Å²) in [6, 6.07) is 9.73. The van der Waals surface area contributed by atoms with Crippen molar-refractivity contribution < 1.29 is 25.4 Å². The molecule has 2 aliphatic rings. The molecule has 0 aromatic heterocycles. The summed E-state index contributed by atoms with van der Waals surface area (Å²) in [6.45, 7) is 2.58. The fourth-order valence-electron chi connectivity index (χ4n) is 2.60. The monoisotopic (exact) mass is 281 g/mol. The van der Waals surface area contributed by atoms with Crippen LogP contribution in [0.4, 0.5) is 0 Å². The van der Waals surface area contributed by atoms with E-state index in [1.807, 2.05) is 30.3 Å². The molecule has 1 aromatic carbocycles. The van der Waals surface area contributed by atoms with E-state index in [4.69, 9.17) is 20.3 Å². The third-order valence-corrected chi connectivity index (χ3v) is 3.45. The van der Waals surface area contributed by atoms with Crippen LogP contribution in [0.25, 0.3) is 0 Å². The van der Waals surface area contributed by atoms with Crippen molar-refractivity contribution in [2.24, 2.45) is 0 Å². The lowest BCUT2D eigenvalue weighted by Crippen LogP contribution is -2.32. The topological polar surface area (TPSA) is 57.2 Å². The van der Waals surface area contributed by atoms with Crippen LogP contribution in [0.3, 0.4) is 0 Å². The highest BCUT2D eigenvalue weighted by Gasteiger charge is 2.55. The molecule has 0 radical (unpaired) electrons. The Hall–Kier alpha value is -0.980. The van der Waals surface area contributed by atoms with Gasteiger partial charge in [-0.05, 0) is 19.4 Å². The second-order valence-corrected chi connectivity index (χ2v) is 5.48. The molecule has 2 aliphatic heterocycles. The van der Waals surface area contributed by atoms with Crippen LogP contribution >= 0.6 is 0 Å². The van der Waals surface area contributed by atoms with Gasteiger partial charge >= 0.3 is 0 Å². The summed E-state index contributed by atoms with van der Waals surface area (Å²) in [5, 5.41) is 9.52. The summed E-state index contributed by atoms with van der Waals surface area (Å²) >= 11 is 0. The molecule has 0 unspecified atom stereocenters. The standard InChI is InChI=1S/C15H20O5/c1-15(2)19-12-11(8-16)18-14(13(12)20-15)17-9-10-6-4-3-5-7-10/h3-7,11-14,16H,8-9H2,1-2H3/t11-,12+,13+,14+/m1/s1/i8D/t8-,11+,12-,13-,14-/m0. The van der Waals surface area contributed by atoms with E-state index in [2.05, 4.69) is 0 Å². The number of hydrogen-bond acceptors (Lipinski definition) is 5. The summed E-state index contributed by atoms with van der Waals surface area (Å²) in [4.78, 5) is 0. The molecule has 0 spiro atoms. The van der Waals surface area contributed by atoms with Gasteiger partial charge in [-0.15, -0.1) is 0 Å². The highest BCUT2D eigenvalue weighted by atomic mass is 16.8. The van der Waals surface area contributed by atoms with E-state index >= 15 is 0 Å². The van der Waals surface area contributed by atoms with Gasteiger partial charge in [0.15, 0.2) is 12.1 Å². The molecule has 3 rings (SSSR count). The summed E-state index contributed by atoms with van der Waals surface area (Å²) < 4.78 is 30.3. The SMILES string of the molecule is [2H][C@H](O)[C@H]1O[C@H](OCc2ccccc2)[C@H]2OC(C)(C)O[C@H]21. The Labute approximate surface area is 119 Å². The van der Waals surface area contributed by atoms with E-state index in [0.717, 1.165) is 5.56 Å². The normalized spacial score (nSPS) is 37.5. The fraction of sp³-hybridized carbons (Fsp3) is 0.600. The molecule has 0 saturated carbocycles. The molecule has 5 atom stereocenters. The largest absolute Gasteiger partial charge is 0.394 e. The van der Waals surface area contributed by atoms with Gasteiger partial charge in [-0.25, -0.2) is 0 Å². The van der Waals surface area contributed by atoms with Crippen molar-refractivity contribution in [1.82, 2.24) is 0 Å². The van der Waals surface area contributed by atoms with Crippen LogP contribution in [0.2, 0.25) is 0 Å². The van der Waals surface area contributed by atoms with Crippen molar-refractivity contribution in [2.45, 2.75) is 50.8 Å². The molecule has 1 aromatic rings. The summed E-state index contributed by atoms with van der Waals surface area (Å²) in [7, 11) is 0. The maximum Gasteiger partial charge on any atom is 0.187 e. The quantitative estimate of drug-likeness (QED) is 0.905. The third kappa shape index (κ3) is 2.73. The Morgan fingerprint density at radius 3 is 2.65 bits per heavy atom. The number of fused-ring (bicyclic) bond motifs is 1. The molecule has 110 valence electrons. The Kier molecular flexibility index (Phi) is 3.45. The van der Waals surface area contributed by atoms with E-state index in [0.29, 0.717) is 6.61 Å². The van der Waals surface area contributed by atoms with Crippen molar-refractivity contribution in [2.75, 3.05) is 6.58 Å². The summed E-state index contributed by atoms with van der Waals surface area (Å²) in [6.07, 6.45) is -2.35. The highest BCUT2D eigenvalue weighted by Crippen LogP contribution is 2.39. The molecule has 0 bridgehead atoms. The Balaban J connectivity index is 1.68. The molecule has 0 amide bonds. The van der Waals surface area contributed by atoms with Crippen LogP contribution in [0.1, 0.15) is 20.8 Å². The van der Waals surface area contributed by atoms with Crippen LogP contribution in [-0.4, -0.2) is 42.1 Å². The highest BCUT2D eigenvalue weighted by molar-refractivity contribution is 5.13. The molecule has 0 aliphatic carbocycles. The Morgan fingerprint density at radius 1 is 1.25 bits per heavy atom. The smallest absolute Gasteiger partial charge is 0.187 e. The van der Waals surface area contributed by atoms with Gasteiger partial charge in [-0.2, -0.15) is 0 Å². The predicted molar refractivity (Wildman–Crippen MR) is 70.8 cm³/mol. The van der Waals surface area contributed by atoms with Crippen molar-refractivity contribution in [3.63, 3.8) is 0 Å². The van der Waals surface area contributed by atoms with Gasteiger partial charge in [0.1, 0.15) is 18.3 Å². The van der Waals surface area contributed by atoms with E-state index in [-0.39, 0.29) is 0 Å². The predicted octanol–water partition coefficient (Wildman–Crippen LogP) is 1.44. The number of ether oxygens (including phenoxy) is 4. The van der Waals surface area contributed by atoms with Gasteiger partial charge in [-0.3, -0.25) is 0 Å². The zero-order valence-corrected chi connectivity index (χ0v) is 11.6. The molecule has 2 heterocycles. The fourth-order valence-corrected chi connectivity index (χ4v) is 2.60. The molecular formula is C15H20O5. The van der Waals surface area contributed by atoms with Crippen LogP contribution in [-0.2, 0) is 25.6 Å². The Morgan fingerprint density at radius 2 is 1.95 bits per heavy atom. The van der Waals surface area contributed by atoms with Crippen LogP contribution in [0.15, 0.2) is 30.3 Å². The molecule has 5 nitrogen and oxygen atoms in total. The number of rotatable bonds is 4. The third-order valence-electron chi connectivity index (χ3n) is 3.45. The van der Waals surface area contributed by atoms with Crippen molar-refractivity contribution in [1.29, 1.82) is 0 Å². The molecule has 2 fully saturated rings. The molecule has 20 heavy (non-hydrogen) atoms. The maximum atomic E-state index is 9.52. The minimum Gasteiger partial charge on any atom is -0.394 e. The van der Waals surface area contributed by atoms with E-state index in [1.165, 1.54) is 0 Å². The molecule has 5 heteroatoms. The average Bonchev–Trinajstić information content (AvgIpc) is 2.91. The van der Waals surface area contributed by atoms with Gasteiger partial charge in [0.05, 0.1) is 14.6 Å². The zero-order chi connectivity index (χ0) is 15.0. The molecule has 2 saturated heterocycles. The van der Waals surface area contributed by atoms with E-state index in [9.17, 15) is 5.11 Å². The van der Waals surface area contributed by atoms with Crippen molar-refractivity contribution in [3.8, 4) is 0 Å². The molecule has 1 N–H and O–H groups in total. The van der Waals surface area contributed by atoms with Gasteiger partial charge in [0.25, 0.3) is 0 Å². The van der Waals surface area contributed by atoms with Crippen LogP contribution in [0, 0.1) is 0 Å². The molecular weight excluding hydrogens is 260 g/mol. The number of aliphatic hydroxyl groups is 1. The first kappa shape index (κ1) is 12.7. The number of benzene rings is 1. The van der Waals surface area contributed by atoms with E-state index in [1.54, 1.807) is 13.8 Å². The first-order valence-corrected chi connectivity index (χ1v) is 6.73. The zero-order valence-electron chi connectivity index (χ0n) is 12.6. The lowest BCUT2D eigenvalue weighted by molar-refractivity contribution is -0.239. The van der Waals surface area contributed by atoms with Crippen molar-refractivity contribution >= 4 is 0 Å². The number of aliphatic hydroxyl groups excluding tert-OH is 1. The lowest BCUT2D eigenvalue weighted by Gasteiger charge is -2.23. The van der Waals surface area contributed by atoms with Gasteiger partial charge in [0, 0.05) is 0 Å². The van der Waals surface area contributed by atoms with Gasteiger partial charge < -0.3 is 24.1 Å². The lowest BCUT2D eigenvalue weighted by atomic mass is 10.1. The first-order valence-electron chi connectivity index (χ1n) is 7.31. The van der Waals surface area contributed by atoms with E-state index < -0.39 is 37.0 Å². The van der Waals surface area contributed by atoms with Crippen LogP contribution < -0.4 is 0 Å². The summed E-state index contributed by atoms with van der Waals surface area (Å²) in [5.41, 5.74) is 1.02. The Bertz CT molecular complexity index is 478. The average molecular weight is 281 g/mol. The minimum absolute atomic E-state index is 0.374. The second kappa shape index (κ2) is 5.42. The second-order valence-electron chi connectivity index (χ2n) is 5.48. The van der Waals surface area contributed by atoms with Crippen LogP contribution in [0.5, 0.6) is 0 Å².